The zero-order chi connectivity index (χ0) is 52.3. The Morgan fingerprint density at radius 3 is 1.15 bits per heavy atom. The lowest BCUT2D eigenvalue weighted by molar-refractivity contribution is -0.143. The molecule has 0 aliphatic heterocycles. The number of nitrogens with zero attached hydrogens (tertiary/aromatic N) is 1. The number of hydrogen-bond donors (Lipinski definition) is 8. The number of nitrogens with one attached hydrogen (secondary N) is 4. The summed E-state index contributed by atoms with van der Waals surface area (Å²) in [6.07, 6.45) is 42.7. The maximum Gasteiger partial charge on any atom is 0.326 e. The van der Waals surface area contributed by atoms with Crippen molar-refractivity contribution < 1.29 is 34.2 Å². The van der Waals surface area contributed by atoms with Crippen LogP contribution >= 0.6 is 0 Å². The van der Waals surface area contributed by atoms with Gasteiger partial charge in [-0.2, -0.15) is 0 Å². The molecule has 0 unspecified atom stereocenters. The quantitative estimate of drug-likeness (QED) is 0.0267. The molecule has 0 rings (SSSR count). The maximum atomic E-state index is 14.1. The summed E-state index contributed by atoms with van der Waals surface area (Å²) in [7, 11) is 0. The molecule has 0 aliphatic rings. The van der Waals surface area contributed by atoms with Crippen LogP contribution in [0.1, 0.15) is 271 Å². The van der Waals surface area contributed by atoms with Crippen LogP contribution in [0.3, 0.4) is 0 Å². The Hall–Kier alpha value is -2.81. The average molecular weight is 1010 g/mol. The van der Waals surface area contributed by atoms with Crippen molar-refractivity contribution in [2.24, 2.45) is 11.5 Å². The smallest absolute Gasteiger partial charge is 0.326 e. The molecule has 14 heteroatoms. The van der Waals surface area contributed by atoms with E-state index in [0.29, 0.717) is 58.5 Å². The van der Waals surface area contributed by atoms with Crippen LogP contribution < -0.4 is 32.7 Å². The Kier molecular flexibility index (Phi) is 50.0. The molecular weight excluding hydrogens is 895 g/mol. The molecular formula is C57H113N7O7. The Balaban J connectivity index is 5.53. The van der Waals surface area contributed by atoms with E-state index in [0.717, 1.165) is 51.5 Å². The van der Waals surface area contributed by atoms with E-state index in [1.54, 1.807) is 0 Å². The fourth-order valence-electron chi connectivity index (χ4n) is 9.31. The van der Waals surface area contributed by atoms with Gasteiger partial charge in [0.1, 0.15) is 12.1 Å². The molecule has 0 bridgehead atoms. The summed E-state index contributed by atoms with van der Waals surface area (Å²) in [5.41, 5.74) is 11.4. The van der Waals surface area contributed by atoms with E-state index in [1.165, 1.54) is 167 Å². The van der Waals surface area contributed by atoms with Crippen LogP contribution in [0.25, 0.3) is 0 Å². The first-order valence-corrected chi connectivity index (χ1v) is 29.8. The number of carbonyl (C=O) groups excluding carboxylic acids is 3. The fourth-order valence-corrected chi connectivity index (χ4v) is 9.31. The van der Waals surface area contributed by atoms with E-state index in [-0.39, 0.29) is 25.2 Å². The lowest BCUT2D eigenvalue weighted by Gasteiger charge is -2.26. The minimum atomic E-state index is -1.46. The molecule has 0 aromatic rings. The van der Waals surface area contributed by atoms with Gasteiger partial charge in [0.05, 0.1) is 6.04 Å². The normalized spacial score (nSPS) is 12.7. The van der Waals surface area contributed by atoms with Gasteiger partial charge in [0, 0.05) is 25.9 Å². The molecule has 0 aromatic carbocycles. The Labute approximate surface area is 434 Å². The van der Waals surface area contributed by atoms with Crippen molar-refractivity contribution in [3.8, 4) is 0 Å². The summed E-state index contributed by atoms with van der Waals surface area (Å²) in [6, 6.07) is -3.31. The number of carboxylic acids is 2. The maximum absolute atomic E-state index is 14.1. The van der Waals surface area contributed by atoms with Gasteiger partial charge in [0.2, 0.25) is 17.7 Å². The van der Waals surface area contributed by atoms with Crippen LogP contribution in [0, 0.1) is 0 Å². The zero-order valence-corrected chi connectivity index (χ0v) is 46.0. The first-order valence-electron chi connectivity index (χ1n) is 29.8. The molecule has 0 saturated carbocycles. The summed E-state index contributed by atoms with van der Waals surface area (Å²) < 4.78 is 0. The molecule has 3 amide bonds. The Morgan fingerprint density at radius 2 is 0.761 bits per heavy atom. The third-order valence-corrected chi connectivity index (χ3v) is 13.9. The zero-order valence-electron chi connectivity index (χ0n) is 46.0. The highest BCUT2D eigenvalue weighted by Crippen LogP contribution is 2.17. The lowest BCUT2D eigenvalue weighted by atomic mass is 10.0. The summed E-state index contributed by atoms with van der Waals surface area (Å²) >= 11 is 0. The van der Waals surface area contributed by atoms with Crippen LogP contribution in [0.2, 0.25) is 0 Å². The Bertz CT molecular complexity index is 1230. The molecule has 0 fully saturated rings. The van der Waals surface area contributed by atoms with E-state index in [4.69, 9.17) is 11.5 Å². The molecule has 0 aromatic heterocycles. The first-order chi connectivity index (χ1) is 34.6. The van der Waals surface area contributed by atoms with Gasteiger partial charge in [-0.15, -0.1) is 0 Å². The summed E-state index contributed by atoms with van der Waals surface area (Å²) in [4.78, 5) is 67.1. The van der Waals surface area contributed by atoms with E-state index in [9.17, 15) is 34.2 Å². The second-order valence-corrected chi connectivity index (χ2v) is 20.6. The van der Waals surface area contributed by atoms with Crippen molar-refractivity contribution in [3.63, 3.8) is 0 Å². The molecule has 0 radical (unpaired) electrons. The lowest BCUT2D eigenvalue weighted by Crippen LogP contribution is -2.55. The van der Waals surface area contributed by atoms with Crippen molar-refractivity contribution in [3.05, 3.63) is 0 Å². The second kappa shape index (κ2) is 52.1. The van der Waals surface area contributed by atoms with Gasteiger partial charge in [-0.25, -0.2) is 4.79 Å². The monoisotopic (exact) mass is 1010 g/mol. The molecule has 10 N–H and O–H groups in total. The molecule has 14 nitrogen and oxygen atoms in total. The number of unbranched alkanes of at least 4 members (excludes halogenated alkanes) is 30. The van der Waals surface area contributed by atoms with Gasteiger partial charge in [-0.1, -0.05) is 206 Å². The predicted octanol–water partition coefficient (Wildman–Crippen LogP) is 11.1. The summed E-state index contributed by atoms with van der Waals surface area (Å²) in [5, 5.41) is 31.0. The third-order valence-electron chi connectivity index (χ3n) is 13.9. The molecule has 3 atom stereocenters. The van der Waals surface area contributed by atoms with Gasteiger partial charge in [0.25, 0.3) is 0 Å². The SMILES string of the molecule is CCCCCCCCCCCCCCCCCCN(CCCCCCCCCCCCCCCCCC)C(=O)CC[C@H](NC(=O)[C@H](CCCNCCCN)NCCCN)C(=O)N[C@@H](CCC(=O)O)C(=O)O. The molecule has 71 heavy (non-hydrogen) atoms. The van der Waals surface area contributed by atoms with Crippen LogP contribution in [0.4, 0.5) is 0 Å². The topological polar surface area (TPSA) is 229 Å². The van der Waals surface area contributed by atoms with Gasteiger partial charge in [0.15, 0.2) is 0 Å². The number of carboxylic acid groups (broad SMARTS) is 2. The van der Waals surface area contributed by atoms with Crippen LogP contribution in [0.15, 0.2) is 0 Å². The van der Waals surface area contributed by atoms with Crippen molar-refractivity contribution in [1.29, 1.82) is 0 Å². The van der Waals surface area contributed by atoms with E-state index in [2.05, 4.69) is 35.1 Å². The van der Waals surface area contributed by atoms with Crippen LogP contribution in [-0.2, 0) is 24.0 Å². The number of nitrogens with two attached hydrogens (primary N) is 2. The minimum Gasteiger partial charge on any atom is -0.481 e. The third kappa shape index (κ3) is 44.4. The van der Waals surface area contributed by atoms with Gasteiger partial charge < -0.3 is 47.8 Å². The van der Waals surface area contributed by atoms with Crippen LogP contribution in [0.5, 0.6) is 0 Å². The number of hydrogen-bond acceptors (Lipinski definition) is 9. The standard InChI is InChI=1S/C57H113N7O7/c1-3-5-7-9-11-13-15-17-19-21-23-25-27-29-31-33-48-64(49-34-32-30-28-26-24-22-20-18-16-14-12-10-8-6-4-2)53(65)41-39-51(56(69)63-52(57(70)71)40-42-54(66)67)62-55(68)50(61-47-37-44-59)38-35-45-60-46-36-43-58/h50-52,60-61H,3-49,58-59H2,1-2H3,(H,62,68)(H,63,69)(H,66,67)(H,70,71)/t50-,51-,52-/m0/s1. The molecule has 0 aliphatic carbocycles. The van der Waals surface area contributed by atoms with E-state index >= 15 is 0 Å². The molecule has 0 heterocycles. The van der Waals surface area contributed by atoms with Gasteiger partial charge in [-0.05, 0) is 84.1 Å². The van der Waals surface area contributed by atoms with Crippen molar-refractivity contribution in [2.45, 2.75) is 289 Å². The number of rotatable bonds is 56. The van der Waals surface area contributed by atoms with Gasteiger partial charge >= 0.3 is 11.9 Å². The highest BCUT2D eigenvalue weighted by Gasteiger charge is 2.30. The predicted molar refractivity (Wildman–Crippen MR) is 295 cm³/mol. The molecule has 0 spiro atoms. The number of carbonyl (C=O) groups is 5. The average Bonchev–Trinajstić information content (AvgIpc) is 3.35. The van der Waals surface area contributed by atoms with E-state index in [1.807, 2.05) is 4.90 Å². The minimum absolute atomic E-state index is 0.000718. The second-order valence-electron chi connectivity index (χ2n) is 20.6. The fraction of sp³-hybridized carbons (Fsp3) is 0.912. The highest BCUT2D eigenvalue weighted by atomic mass is 16.4. The Morgan fingerprint density at radius 1 is 0.408 bits per heavy atom. The van der Waals surface area contributed by atoms with Gasteiger partial charge in [-0.3, -0.25) is 19.2 Å². The summed E-state index contributed by atoms with van der Waals surface area (Å²) in [5.74, 6) is -3.81. The number of amides is 3. The van der Waals surface area contributed by atoms with Crippen molar-refractivity contribution in [2.75, 3.05) is 45.8 Å². The van der Waals surface area contributed by atoms with Crippen molar-refractivity contribution in [1.82, 2.24) is 26.2 Å². The first kappa shape index (κ1) is 68.2. The highest BCUT2D eigenvalue weighted by molar-refractivity contribution is 5.92. The van der Waals surface area contributed by atoms with E-state index < -0.39 is 48.3 Å². The van der Waals surface area contributed by atoms with Crippen molar-refractivity contribution >= 4 is 29.7 Å². The summed E-state index contributed by atoms with van der Waals surface area (Å²) in [6.45, 7) is 8.79. The van der Waals surface area contributed by atoms with Crippen LogP contribution in [-0.4, -0.2) is 109 Å². The number of aliphatic carboxylic acids is 2. The molecule has 0 saturated heterocycles. The molecule has 418 valence electrons. The largest absolute Gasteiger partial charge is 0.481 e.